The first-order chi connectivity index (χ1) is 18.4. The van der Waals surface area contributed by atoms with Gasteiger partial charge in [-0.15, -0.1) is 0 Å². The summed E-state index contributed by atoms with van der Waals surface area (Å²) >= 11 is 0. The summed E-state index contributed by atoms with van der Waals surface area (Å²) in [5, 5.41) is 16.0. The molecule has 2 heterocycles. The van der Waals surface area contributed by atoms with Crippen molar-refractivity contribution in [3.05, 3.63) is 41.5 Å². The molecule has 2 aromatic rings. The number of ether oxygens (including phenoxy) is 2. The maximum absolute atomic E-state index is 11.5. The van der Waals surface area contributed by atoms with Crippen LogP contribution in [0.4, 0.5) is 0 Å². The average Bonchev–Trinajstić information content (AvgIpc) is 3.33. The van der Waals surface area contributed by atoms with Crippen molar-refractivity contribution in [1.82, 2.24) is 14.8 Å². The fraction of sp³-hybridized carbons (Fsp3) is 0.688. The summed E-state index contributed by atoms with van der Waals surface area (Å²) in [4.78, 5) is 4.66. The smallest absolute Gasteiger partial charge is 0.156 e. The number of hydrogen-bond donors (Lipinski definition) is 1. The molecule has 7 heteroatoms. The van der Waals surface area contributed by atoms with Gasteiger partial charge in [0.15, 0.2) is 5.82 Å². The summed E-state index contributed by atoms with van der Waals surface area (Å²) in [6, 6.07) is 4.26. The second kappa shape index (κ2) is 10.4. The van der Waals surface area contributed by atoms with Crippen LogP contribution in [0.5, 0.6) is 11.5 Å². The number of rotatable bonds is 11. The van der Waals surface area contributed by atoms with Crippen molar-refractivity contribution >= 4 is 15.6 Å². The Balaban J connectivity index is 0.00000370. The van der Waals surface area contributed by atoms with Crippen LogP contribution in [0.25, 0.3) is 5.57 Å². The van der Waals surface area contributed by atoms with Crippen molar-refractivity contribution < 1.29 is 16.0 Å². The van der Waals surface area contributed by atoms with Gasteiger partial charge < -0.3 is 14.6 Å². The zero-order valence-corrected chi connectivity index (χ0v) is 26.0. The largest absolute Gasteiger partial charge is 0.508 e. The molecule has 218 valence electrons. The molecule has 5 rings (SSSR count). The van der Waals surface area contributed by atoms with E-state index < -0.39 is 10.0 Å². The third-order valence-corrected chi connectivity index (χ3v) is 11.2. The van der Waals surface area contributed by atoms with E-state index in [1.807, 2.05) is 10.7 Å². The zero-order chi connectivity index (χ0) is 28.1. The summed E-state index contributed by atoms with van der Waals surface area (Å²) in [5.74, 6) is 3.42. The first kappa shape index (κ1) is 28.5. The van der Waals surface area contributed by atoms with Crippen LogP contribution in [-0.2, 0) is 16.9 Å². The minimum atomic E-state index is -0.589. The van der Waals surface area contributed by atoms with Crippen molar-refractivity contribution in [2.24, 2.45) is 5.41 Å². The molecule has 0 bridgehead atoms. The number of phenols is 1. The number of fused-ring (bicyclic) bond motifs is 2. The molecule has 0 saturated heterocycles. The van der Waals surface area contributed by atoms with Gasteiger partial charge in [-0.2, -0.15) is 5.10 Å². The molecule has 6 nitrogen and oxygen atoms in total. The van der Waals surface area contributed by atoms with Gasteiger partial charge in [0.05, 0.1) is 6.61 Å². The van der Waals surface area contributed by atoms with Crippen molar-refractivity contribution in [1.29, 1.82) is 0 Å². The number of allylic oxidation sites excluding steroid dienone is 2. The molecule has 3 aliphatic rings. The Labute approximate surface area is 238 Å². The number of aromatic hydroxyl groups is 1. The Kier molecular flexibility index (Phi) is 7.64. The number of benzene rings is 1. The molecule has 1 aliphatic heterocycles. The van der Waals surface area contributed by atoms with Gasteiger partial charge in [-0.3, -0.25) is 0 Å². The highest BCUT2D eigenvalue weighted by Gasteiger charge is 2.65. The fourth-order valence-electron chi connectivity index (χ4n) is 7.03. The van der Waals surface area contributed by atoms with Crippen molar-refractivity contribution in [3.63, 3.8) is 0 Å². The van der Waals surface area contributed by atoms with Gasteiger partial charge in [0.1, 0.15) is 30.2 Å². The average molecular weight is 558 g/mol. The summed E-state index contributed by atoms with van der Waals surface area (Å²) in [5.41, 5.74) is 3.14. The zero-order valence-electron chi connectivity index (χ0n) is 25.2. The molecule has 39 heavy (non-hydrogen) atoms. The quantitative estimate of drug-likeness (QED) is 0.287. The van der Waals surface area contributed by atoms with E-state index in [0.29, 0.717) is 12.5 Å². The molecule has 2 aliphatic carbocycles. The van der Waals surface area contributed by atoms with E-state index in [1.165, 1.54) is 30.4 Å². The van der Waals surface area contributed by atoms with E-state index in [9.17, 15) is 5.11 Å². The molecule has 3 atom stereocenters. The van der Waals surface area contributed by atoms with Gasteiger partial charge >= 0.3 is 0 Å². The summed E-state index contributed by atoms with van der Waals surface area (Å²) in [6.07, 6.45) is 19.6. The van der Waals surface area contributed by atoms with Crippen LogP contribution in [0.15, 0.2) is 24.5 Å². The van der Waals surface area contributed by atoms with E-state index in [2.05, 4.69) is 68.7 Å². The Bertz CT molecular complexity index is 1240. The van der Waals surface area contributed by atoms with Crippen LogP contribution in [-0.4, -0.2) is 56.6 Å². The second-order valence-corrected chi connectivity index (χ2v) is 18.4. The topological polar surface area (TPSA) is 69.4 Å². The number of unbranched alkanes of at least 4 members (excludes halogenated alkanes) is 2. The maximum Gasteiger partial charge on any atom is 0.156 e. The molecule has 1 fully saturated rings. The maximum atomic E-state index is 11.5. The third kappa shape index (κ3) is 5.26. The highest BCUT2D eigenvalue weighted by Crippen LogP contribution is 2.70. The molecular formula is C32H51N3O3S. The Morgan fingerprint density at radius 2 is 2.03 bits per heavy atom. The number of aromatic nitrogens is 3. The lowest BCUT2D eigenvalue weighted by Crippen LogP contribution is -2.64. The number of hydrogen-bond acceptors (Lipinski definition) is 5. The summed E-state index contributed by atoms with van der Waals surface area (Å²) in [6.45, 7) is 10.3. The van der Waals surface area contributed by atoms with Crippen LogP contribution in [0, 0.1) is 5.41 Å². The predicted molar refractivity (Wildman–Crippen MR) is 164 cm³/mol. The van der Waals surface area contributed by atoms with E-state index in [-0.39, 0.29) is 23.8 Å². The van der Waals surface area contributed by atoms with E-state index in [1.54, 1.807) is 6.33 Å². The molecule has 1 saturated carbocycles. The first-order valence-corrected chi connectivity index (χ1v) is 17.8. The molecule has 1 unspecified atom stereocenters. The van der Waals surface area contributed by atoms with Crippen LogP contribution >= 0.6 is 10.0 Å². The van der Waals surface area contributed by atoms with Crippen molar-refractivity contribution in [2.45, 2.75) is 103 Å². The van der Waals surface area contributed by atoms with Gasteiger partial charge in [0, 0.05) is 24.1 Å². The van der Waals surface area contributed by atoms with Gasteiger partial charge in [-0.25, -0.2) is 19.7 Å². The van der Waals surface area contributed by atoms with Gasteiger partial charge in [0.2, 0.25) is 0 Å². The number of phenolic OH excluding ortho intramolecular Hbond substituents is 1. The normalized spacial score (nSPS) is 26.5. The fourth-order valence-corrected chi connectivity index (χ4v) is 7.65. The molecule has 1 aromatic heterocycles. The van der Waals surface area contributed by atoms with Gasteiger partial charge in [0.25, 0.3) is 0 Å². The molecule has 1 aromatic carbocycles. The van der Waals surface area contributed by atoms with Crippen molar-refractivity contribution in [2.75, 3.05) is 31.1 Å². The predicted octanol–water partition coefficient (Wildman–Crippen LogP) is 7.65. The van der Waals surface area contributed by atoms with Crippen LogP contribution < -0.4 is 4.74 Å². The molecule has 0 amide bonds. The first-order valence-electron chi connectivity index (χ1n) is 14.8. The lowest BCUT2D eigenvalue weighted by Gasteiger charge is -2.64. The molecule has 1 N–H and O–H groups in total. The summed E-state index contributed by atoms with van der Waals surface area (Å²) in [7, 11) is -0.589. The van der Waals surface area contributed by atoms with Gasteiger partial charge in [-0.1, -0.05) is 46.1 Å². The van der Waals surface area contributed by atoms with E-state index in [0.717, 1.165) is 61.6 Å². The second-order valence-electron chi connectivity index (χ2n) is 13.8. The molecular weight excluding hydrogens is 506 g/mol. The van der Waals surface area contributed by atoms with Gasteiger partial charge in [-0.05, 0) is 86.5 Å². The lowest BCUT2D eigenvalue weighted by atomic mass is 9.45. The Morgan fingerprint density at radius 3 is 2.72 bits per heavy atom. The Morgan fingerprint density at radius 1 is 1.23 bits per heavy atom. The standard InChI is InChI=1S/C32H49N3O3S.H2/c1-8-9-10-12-30(2,3)24-19-26(36)28-25-18-23(11-13-32(25)15-14-31(32,4)38-27(28)20-24)29-33-21-34-35(29)22-37-16-17-39(5,6)7;/h11,19-21,25,36H,8-10,12-18,22H2,1-7H3;1H/t25-,31?,32-;/m0./s1. The third-order valence-electron chi connectivity index (χ3n) is 9.85. The minimum absolute atomic E-state index is 0. The SMILES string of the molecule is CCCCCC(C)(C)c1cc(O)c2c(c1)OC1(C)CC[C@]13CC=C(c1ncnn1COCCS(C)(C)C)C[C@@H]23.[HH]. The highest BCUT2D eigenvalue weighted by molar-refractivity contribution is 8.32. The van der Waals surface area contributed by atoms with Crippen LogP contribution in [0.3, 0.4) is 0 Å². The molecule has 1 spiro atoms. The van der Waals surface area contributed by atoms with E-state index in [4.69, 9.17) is 9.47 Å². The number of nitrogens with zero attached hydrogens (tertiary/aromatic N) is 3. The van der Waals surface area contributed by atoms with Crippen LogP contribution in [0.1, 0.15) is 103 Å². The molecule has 0 radical (unpaired) electrons. The van der Waals surface area contributed by atoms with Crippen molar-refractivity contribution in [3.8, 4) is 11.5 Å². The monoisotopic (exact) mass is 557 g/mol. The Hall–Kier alpha value is -1.99. The highest BCUT2D eigenvalue weighted by atomic mass is 32.3. The summed E-state index contributed by atoms with van der Waals surface area (Å²) < 4.78 is 14.7. The van der Waals surface area contributed by atoms with Crippen LogP contribution in [0.2, 0.25) is 0 Å². The lowest BCUT2D eigenvalue weighted by molar-refractivity contribution is -0.164. The minimum Gasteiger partial charge on any atom is -0.508 e. The van der Waals surface area contributed by atoms with E-state index >= 15 is 0 Å².